The van der Waals surface area contributed by atoms with Crippen LogP contribution in [0.2, 0.25) is 0 Å². The number of hydrogen-bond donors (Lipinski definition) is 1. The van der Waals surface area contributed by atoms with Crippen LogP contribution in [-0.4, -0.2) is 45.8 Å². The third-order valence-corrected chi connectivity index (χ3v) is 4.63. The Bertz CT molecular complexity index is 902. The molecule has 0 aliphatic rings. The van der Waals surface area contributed by atoms with E-state index in [-0.39, 0.29) is 0 Å². The number of furan rings is 1. The third kappa shape index (κ3) is 6.10. The van der Waals surface area contributed by atoms with Crippen molar-refractivity contribution in [3.8, 4) is 5.75 Å². The van der Waals surface area contributed by atoms with Crippen molar-refractivity contribution in [1.29, 1.82) is 0 Å². The Hall–Kier alpha value is -3.29. The largest absolute Gasteiger partial charge is 0.494 e. The van der Waals surface area contributed by atoms with Gasteiger partial charge in [0.1, 0.15) is 30.2 Å². The number of hydrogen-bond acceptors (Lipinski definition) is 5. The number of aliphatic imine (C=N–C) groups is 1. The van der Waals surface area contributed by atoms with Crippen LogP contribution in [-0.2, 0) is 26.1 Å². The molecule has 8 heteroatoms. The van der Waals surface area contributed by atoms with Gasteiger partial charge in [0.15, 0.2) is 5.96 Å². The summed E-state index contributed by atoms with van der Waals surface area (Å²) < 4.78 is 13.0. The van der Waals surface area contributed by atoms with Gasteiger partial charge in [0.2, 0.25) is 0 Å². The highest BCUT2D eigenvalue weighted by atomic mass is 16.5. The molecule has 0 aliphatic carbocycles. The van der Waals surface area contributed by atoms with Crippen molar-refractivity contribution < 1.29 is 9.15 Å². The molecule has 0 amide bonds. The Kier molecular flexibility index (Phi) is 7.88. The van der Waals surface area contributed by atoms with E-state index in [4.69, 9.17) is 14.1 Å². The van der Waals surface area contributed by atoms with Crippen molar-refractivity contribution in [2.75, 3.05) is 20.2 Å². The summed E-state index contributed by atoms with van der Waals surface area (Å²) in [7, 11) is 2.03. The molecule has 0 unspecified atom stereocenters. The smallest absolute Gasteiger partial charge is 0.194 e. The summed E-state index contributed by atoms with van der Waals surface area (Å²) in [5.41, 5.74) is 1.18. The van der Waals surface area contributed by atoms with E-state index < -0.39 is 0 Å². The Labute approximate surface area is 177 Å². The summed E-state index contributed by atoms with van der Waals surface area (Å²) >= 11 is 0. The molecule has 0 spiro atoms. The van der Waals surface area contributed by atoms with Crippen LogP contribution in [0.3, 0.4) is 0 Å². The van der Waals surface area contributed by atoms with E-state index >= 15 is 0 Å². The maximum Gasteiger partial charge on any atom is 0.194 e. The molecule has 0 fully saturated rings. The molecule has 0 atom stereocenters. The first kappa shape index (κ1) is 21.4. The van der Waals surface area contributed by atoms with Crippen LogP contribution in [0.5, 0.6) is 5.75 Å². The lowest BCUT2D eigenvalue weighted by Gasteiger charge is -2.23. The van der Waals surface area contributed by atoms with Crippen LogP contribution in [0, 0.1) is 0 Å². The molecule has 0 radical (unpaired) electrons. The molecule has 1 aromatic carbocycles. The van der Waals surface area contributed by atoms with Crippen LogP contribution < -0.4 is 10.1 Å². The van der Waals surface area contributed by atoms with Gasteiger partial charge in [-0.2, -0.15) is 0 Å². The number of aryl methyl sites for hydroxylation is 1. The van der Waals surface area contributed by atoms with E-state index in [9.17, 15) is 0 Å². The maximum absolute atomic E-state index is 5.53. The number of aromatic nitrogens is 3. The monoisotopic (exact) mass is 410 g/mol. The highest BCUT2D eigenvalue weighted by Crippen LogP contribution is 2.13. The minimum Gasteiger partial charge on any atom is -0.494 e. The molecule has 0 bridgehead atoms. The lowest BCUT2D eigenvalue weighted by molar-refractivity contribution is 0.340. The lowest BCUT2D eigenvalue weighted by atomic mass is 10.2. The molecule has 8 nitrogen and oxygen atoms in total. The van der Waals surface area contributed by atoms with Crippen molar-refractivity contribution in [3.05, 3.63) is 66.1 Å². The number of guanidine groups is 1. The van der Waals surface area contributed by atoms with Gasteiger partial charge in [0.25, 0.3) is 0 Å². The number of nitrogens with one attached hydrogen (secondary N) is 1. The fourth-order valence-corrected chi connectivity index (χ4v) is 3.10. The summed E-state index contributed by atoms with van der Waals surface area (Å²) in [6.45, 7) is 7.42. The molecule has 3 rings (SSSR count). The van der Waals surface area contributed by atoms with Gasteiger partial charge in [-0.1, -0.05) is 19.1 Å². The lowest BCUT2D eigenvalue weighted by Crippen LogP contribution is -2.40. The van der Waals surface area contributed by atoms with Crippen molar-refractivity contribution in [1.82, 2.24) is 25.0 Å². The summed E-state index contributed by atoms with van der Waals surface area (Å²) in [5, 5.41) is 11.6. The van der Waals surface area contributed by atoms with Gasteiger partial charge < -0.3 is 23.9 Å². The van der Waals surface area contributed by atoms with Crippen LogP contribution in [0.4, 0.5) is 0 Å². The van der Waals surface area contributed by atoms with Gasteiger partial charge in [-0.15, -0.1) is 10.2 Å². The topological polar surface area (TPSA) is 80.7 Å². The van der Waals surface area contributed by atoms with Crippen LogP contribution in [0.25, 0.3) is 0 Å². The Morgan fingerprint density at radius 1 is 1.23 bits per heavy atom. The summed E-state index contributed by atoms with van der Waals surface area (Å²) in [6, 6.07) is 12.0. The second-order valence-electron chi connectivity index (χ2n) is 6.87. The number of benzene rings is 1. The Balaban J connectivity index is 1.64. The predicted octanol–water partition coefficient (Wildman–Crippen LogP) is 3.11. The zero-order valence-corrected chi connectivity index (χ0v) is 17.9. The summed E-state index contributed by atoms with van der Waals surface area (Å²) in [6.07, 6.45) is 4.29. The minimum absolute atomic E-state index is 0.482. The molecule has 2 aromatic heterocycles. The minimum atomic E-state index is 0.482. The molecule has 0 saturated heterocycles. The van der Waals surface area contributed by atoms with Gasteiger partial charge in [0, 0.05) is 33.1 Å². The van der Waals surface area contributed by atoms with E-state index in [1.165, 1.54) is 5.56 Å². The molecule has 0 aliphatic heterocycles. The Morgan fingerprint density at radius 3 is 2.77 bits per heavy atom. The predicted molar refractivity (Wildman–Crippen MR) is 116 cm³/mol. The first-order valence-electron chi connectivity index (χ1n) is 10.3. The van der Waals surface area contributed by atoms with Crippen molar-refractivity contribution in [3.63, 3.8) is 0 Å². The molecular weight excluding hydrogens is 380 g/mol. The normalized spacial score (nSPS) is 11.5. The van der Waals surface area contributed by atoms with Crippen molar-refractivity contribution >= 4 is 5.96 Å². The molecule has 2 heterocycles. The molecule has 3 aromatic rings. The van der Waals surface area contributed by atoms with Gasteiger partial charge in [0.05, 0.1) is 12.9 Å². The first-order valence-corrected chi connectivity index (χ1v) is 10.3. The van der Waals surface area contributed by atoms with Crippen molar-refractivity contribution in [2.45, 2.75) is 39.9 Å². The van der Waals surface area contributed by atoms with Crippen molar-refractivity contribution in [2.24, 2.45) is 4.99 Å². The van der Waals surface area contributed by atoms with E-state index in [2.05, 4.69) is 44.0 Å². The molecule has 0 saturated carbocycles. The van der Waals surface area contributed by atoms with Gasteiger partial charge in [-0.25, -0.2) is 4.99 Å². The second kappa shape index (κ2) is 11.0. The fourth-order valence-electron chi connectivity index (χ4n) is 3.10. The highest BCUT2D eigenvalue weighted by molar-refractivity contribution is 5.79. The molecule has 160 valence electrons. The number of ether oxygens (including phenoxy) is 1. The van der Waals surface area contributed by atoms with Crippen LogP contribution >= 0.6 is 0 Å². The first-order chi connectivity index (χ1) is 14.7. The SMILES string of the molecule is CCOc1ccc(CN(C)C(=NCc2ccco2)NCCn2cnnc2CC)cc1. The fraction of sp³-hybridized carbons (Fsp3) is 0.409. The zero-order valence-electron chi connectivity index (χ0n) is 17.9. The summed E-state index contributed by atoms with van der Waals surface area (Å²) in [5.74, 6) is 3.50. The highest BCUT2D eigenvalue weighted by Gasteiger charge is 2.09. The third-order valence-electron chi connectivity index (χ3n) is 4.63. The summed E-state index contributed by atoms with van der Waals surface area (Å²) in [4.78, 5) is 6.85. The Morgan fingerprint density at radius 2 is 2.07 bits per heavy atom. The molecular formula is C22H30N6O2. The molecule has 1 N–H and O–H groups in total. The quantitative estimate of drug-likeness (QED) is 0.409. The average Bonchev–Trinajstić information content (AvgIpc) is 3.43. The second-order valence-corrected chi connectivity index (χ2v) is 6.87. The van der Waals surface area contributed by atoms with Crippen LogP contribution in [0.1, 0.15) is 31.0 Å². The standard InChI is InChI=1S/C22H30N6O2/c1-4-21-26-25-17-28(21)13-12-23-22(24-15-20-7-6-14-30-20)27(3)16-18-8-10-19(11-9-18)29-5-2/h6-11,14,17H,4-5,12-13,15-16H2,1-3H3,(H,23,24). The van der Waals surface area contributed by atoms with Gasteiger partial charge in [-0.3, -0.25) is 0 Å². The number of rotatable bonds is 10. The van der Waals surface area contributed by atoms with E-state index in [0.29, 0.717) is 13.2 Å². The van der Waals surface area contributed by atoms with Crippen LogP contribution in [0.15, 0.2) is 58.4 Å². The molecule has 30 heavy (non-hydrogen) atoms. The van der Waals surface area contributed by atoms with E-state index in [0.717, 1.165) is 49.3 Å². The van der Waals surface area contributed by atoms with Gasteiger partial charge >= 0.3 is 0 Å². The zero-order chi connectivity index (χ0) is 21.2. The number of nitrogens with zero attached hydrogens (tertiary/aromatic N) is 5. The maximum atomic E-state index is 5.53. The van der Waals surface area contributed by atoms with E-state index in [1.54, 1.807) is 12.6 Å². The average molecular weight is 411 g/mol. The van der Waals surface area contributed by atoms with Gasteiger partial charge in [-0.05, 0) is 36.8 Å². The van der Waals surface area contributed by atoms with E-state index in [1.807, 2.05) is 38.2 Å².